The number of aromatic nitrogens is 3. The average molecular weight is 305 g/mol. The van der Waals surface area contributed by atoms with Crippen molar-refractivity contribution in [3.63, 3.8) is 0 Å². The van der Waals surface area contributed by atoms with Crippen molar-refractivity contribution in [2.45, 2.75) is 31.5 Å². The van der Waals surface area contributed by atoms with E-state index in [1.54, 1.807) is 19.0 Å². The van der Waals surface area contributed by atoms with E-state index >= 15 is 0 Å². The minimum Gasteiger partial charge on any atom is -0.459 e. The molecule has 6 nitrogen and oxygen atoms in total. The number of hydrogen-bond acceptors (Lipinski definition) is 7. The van der Waals surface area contributed by atoms with Crippen LogP contribution in [0.2, 0.25) is 5.28 Å². The van der Waals surface area contributed by atoms with Crippen LogP contribution >= 0.6 is 23.4 Å². The van der Waals surface area contributed by atoms with Gasteiger partial charge in [-0.3, -0.25) is 4.79 Å². The summed E-state index contributed by atoms with van der Waals surface area (Å²) < 4.78 is 5.19. The molecule has 0 radical (unpaired) electrons. The predicted octanol–water partition coefficient (Wildman–Crippen LogP) is 2.02. The van der Waals surface area contributed by atoms with E-state index in [1.165, 1.54) is 11.8 Å². The van der Waals surface area contributed by atoms with Crippen LogP contribution in [0.1, 0.15) is 20.8 Å². The third-order valence-electron chi connectivity index (χ3n) is 1.71. The van der Waals surface area contributed by atoms with Crippen LogP contribution < -0.4 is 4.90 Å². The van der Waals surface area contributed by atoms with Gasteiger partial charge in [-0.15, -0.1) is 0 Å². The molecule has 0 aliphatic heterocycles. The molecule has 1 aromatic heterocycles. The van der Waals surface area contributed by atoms with Crippen molar-refractivity contribution < 1.29 is 9.53 Å². The van der Waals surface area contributed by atoms with Crippen molar-refractivity contribution in [2.75, 3.05) is 24.7 Å². The van der Waals surface area contributed by atoms with E-state index in [0.717, 1.165) is 0 Å². The van der Waals surface area contributed by atoms with Crippen molar-refractivity contribution in [3.05, 3.63) is 5.28 Å². The Kier molecular flexibility index (Phi) is 5.37. The van der Waals surface area contributed by atoms with Crippen molar-refractivity contribution >= 4 is 35.3 Å². The normalized spacial score (nSPS) is 11.3. The van der Waals surface area contributed by atoms with Crippen LogP contribution in [0.15, 0.2) is 5.16 Å². The number of esters is 1. The fourth-order valence-electron chi connectivity index (χ4n) is 1.08. The topological polar surface area (TPSA) is 68.2 Å². The number of nitrogens with zero attached hydrogens (tertiary/aromatic N) is 4. The number of carbonyl (C=O) groups excluding carboxylic acids is 1. The molecular formula is C11H17ClN4O2S. The Balaban J connectivity index is 2.65. The van der Waals surface area contributed by atoms with Crippen molar-refractivity contribution in [1.82, 2.24) is 15.0 Å². The molecule has 1 rings (SSSR count). The van der Waals surface area contributed by atoms with Gasteiger partial charge < -0.3 is 9.64 Å². The van der Waals surface area contributed by atoms with Gasteiger partial charge in [-0.2, -0.15) is 15.0 Å². The van der Waals surface area contributed by atoms with Gasteiger partial charge in [0, 0.05) is 14.1 Å². The number of carbonyl (C=O) groups is 1. The Morgan fingerprint density at radius 1 is 1.32 bits per heavy atom. The fraction of sp³-hybridized carbons (Fsp3) is 0.636. The van der Waals surface area contributed by atoms with E-state index in [9.17, 15) is 4.79 Å². The van der Waals surface area contributed by atoms with Gasteiger partial charge in [-0.05, 0) is 32.4 Å². The zero-order valence-corrected chi connectivity index (χ0v) is 13.2. The van der Waals surface area contributed by atoms with Crippen LogP contribution in [0.4, 0.5) is 5.95 Å². The Morgan fingerprint density at radius 3 is 2.47 bits per heavy atom. The van der Waals surface area contributed by atoms with Crippen LogP contribution in [0.3, 0.4) is 0 Å². The van der Waals surface area contributed by atoms with E-state index < -0.39 is 5.60 Å². The average Bonchev–Trinajstić information content (AvgIpc) is 2.23. The number of hydrogen-bond donors (Lipinski definition) is 0. The summed E-state index contributed by atoms with van der Waals surface area (Å²) in [6.07, 6.45) is 0. The highest BCUT2D eigenvalue weighted by atomic mass is 35.5. The maximum absolute atomic E-state index is 11.6. The first-order valence-corrected chi connectivity index (χ1v) is 6.97. The molecule has 0 bridgehead atoms. The number of rotatable bonds is 4. The Bertz CT molecular complexity index is 462. The molecule has 8 heteroatoms. The molecule has 0 aliphatic rings. The molecule has 0 saturated carbocycles. The summed E-state index contributed by atoms with van der Waals surface area (Å²) in [5.41, 5.74) is -0.497. The van der Waals surface area contributed by atoms with E-state index in [2.05, 4.69) is 15.0 Å². The van der Waals surface area contributed by atoms with Crippen LogP contribution in [-0.4, -0.2) is 46.4 Å². The van der Waals surface area contributed by atoms with Crippen LogP contribution in [-0.2, 0) is 9.53 Å². The first-order valence-electron chi connectivity index (χ1n) is 5.61. The maximum atomic E-state index is 11.6. The lowest BCUT2D eigenvalue weighted by Gasteiger charge is -2.19. The third kappa shape index (κ3) is 6.07. The first-order chi connectivity index (χ1) is 8.67. The second-order valence-electron chi connectivity index (χ2n) is 4.96. The largest absolute Gasteiger partial charge is 0.459 e. The lowest BCUT2D eigenvalue weighted by molar-refractivity contribution is -0.151. The summed E-state index contributed by atoms with van der Waals surface area (Å²) in [4.78, 5) is 25.4. The quantitative estimate of drug-likeness (QED) is 0.622. The van der Waals surface area contributed by atoms with Crippen molar-refractivity contribution in [2.24, 2.45) is 0 Å². The second-order valence-corrected chi connectivity index (χ2v) is 6.24. The third-order valence-corrected chi connectivity index (χ3v) is 2.70. The highest BCUT2D eigenvalue weighted by Gasteiger charge is 2.17. The van der Waals surface area contributed by atoms with Crippen molar-refractivity contribution in [3.8, 4) is 0 Å². The lowest BCUT2D eigenvalue weighted by atomic mass is 10.2. The molecule has 106 valence electrons. The molecular weight excluding hydrogens is 288 g/mol. The molecule has 0 saturated heterocycles. The Labute approximate surface area is 121 Å². The minimum atomic E-state index is -0.497. The number of thioether (sulfide) groups is 1. The minimum absolute atomic E-state index is 0.102. The Morgan fingerprint density at radius 2 is 1.95 bits per heavy atom. The number of anilines is 1. The maximum Gasteiger partial charge on any atom is 0.316 e. The summed E-state index contributed by atoms with van der Waals surface area (Å²) in [6.45, 7) is 5.46. The van der Waals surface area contributed by atoms with Gasteiger partial charge in [0.2, 0.25) is 11.2 Å². The molecule has 19 heavy (non-hydrogen) atoms. The Hall–Kier alpha value is -1.08. The predicted molar refractivity (Wildman–Crippen MR) is 75.7 cm³/mol. The van der Waals surface area contributed by atoms with Crippen LogP contribution in [0, 0.1) is 0 Å². The molecule has 0 aliphatic carbocycles. The fourth-order valence-corrected chi connectivity index (χ4v) is 1.89. The zero-order chi connectivity index (χ0) is 14.6. The second kappa shape index (κ2) is 6.38. The van der Waals surface area contributed by atoms with E-state index in [-0.39, 0.29) is 17.0 Å². The molecule has 0 spiro atoms. The molecule has 0 N–H and O–H groups in total. The van der Waals surface area contributed by atoms with Gasteiger partial charge in [0.05, 0.1) is 5.75 Å². The molecule has 0 fully saturated rings. The van der Waals surface area contributed by atoms with Crippen LogP contribution in [0.5, 0.6) is 0 Å². The van der Waals surface area contributed by atoms with Gasteiger partial charge in [0.15, 0.2) is 5.16 Å². The van der Waals surface area contributed by atoms with E-state index in [0.29, 0.717) is 11.1 Å². The highest BCUT2D eigenvalue weighted by Crippen LogP contribution is 2.19. The smallest absolute Gasteiger partial charge is 0.316 e. The molecule has 1 heterocycles. The number of ether oxygens (including phenoxy) is 1. The summed E-state index contributed by atoms with van der Waals surface area (Å²) in [6, 6.07) is 0. The van der Waals surface area contributed by atoms with Gasteiger partial charge in [0.25, 0.3) is 0 Å². The molecule has 0 atom stereocenters. The zero-order valence-electron chi connectivity index (χ0n) is 11.6. The van der Waals surface area contributed by atoms with E-state index in [4.69, 9.17) is 16.3 Å². The molecule has 0 aromatic carbocycles. The summed E-state index contributed by atoms with van der Waals surface area (Å²) in [5, 5.41) is 0.500. The van der Waals surface area contributed by atoms with Crippen LogP contribution in [0.25, 0.3) is 0 Å². The van der Waals surface area contributed by atoms with E-state index in [1.807, 2.05) is 20.8 Å². The summed E-state index contributed by atoms with van der Waals surface area (Å²) >= 11 is 6.96. The van der Waals surface area contributed by atoms with Crippen molar-refractivity contribution in [1.29, 1.82) is 0 Å². The number of halogens is 1. The molecule has 0 unspecified atom stereocenters. The van der Waals surface area contributed by atoms with Gasteiger partial charge in [-0.1, -0.05) is 11.8 Å². The standard InChI is InChI=1S/C11H17ClN4O2S/c1-11(2,3)18-7(17)6-19-10-14-8(12)13-9(15-10)16(4)5/h6H2,1-5H3. The SMILES string of the molecule is CN(C)c1nc(Cl)nc(SCC(=O)OC(C)(C)C)n1. The lowest BCUT2D eigenvalue weighted by Crippen LogP contribution is -2.25. The molecule has 0 amide bonds. The monoisotopic (exact) mass is 304 g/mol. The summed E-state index contributed by atoms with van der Waals surface area (Å²) in [5.74, 6) is 0.261. The first kappa shape index (κ1) is 16.0. The highest BCUT2D eigenvalue weighted by molar-refractivity contribution is 7.99. The van der Waals surface area contributed by atoms with Gasteiger partial charge in [0.1, 0.15) is 5.60 Å². The van der Waals surface area contributed by atoms with Gasteiger partial charge >= 0.3 is 5.97 Å². The molecule has 1 aromatic rings. The van der Waals surface area contributed by atoms with Gasteiger partial charge in [-0.25, -0.2) is 0 Å². The summed E-state index contributed by atoms with van der Waals surface area (Å²) in [7, 11) is 3.60.